The normalized spacial score (nSPS) is 27.3. The zero-order chi connectivity index (χ0) is 18.3. The topological polar surface area (TPSA) is 97.0 Å². The van der Waals surface area contributed by atoms with Gasteiger partial charge in [0.2, 0.25) is 5.91 Å². The molecule has 0 unspecified atom stereocenters. The largest absolute Gasteiger partial charge is 0.486 e. The number of amides is 4. The number of carbonyl (C=O) groups is 3. The number of urea groups is 1. The van der Waals surface area contributed by atoms with Crippen molar-refractivity contribution in [3.63, 3.8) is 0 Å². The van der Waals surface area contributed by atoms with Crippen LogP contribution in [-0.2, 0) is 9.59 Å². The van der Waals surface area contributed by atoms with Crippen molar-refractivity contribution >= 4 is 17.8 Å². The van der Waals surface area contributed by atoms with Crippen LogP contribution in [0, 0.1) is 5.92 Å². The lowest BCUT2D eigenvalue weighted by atomic mass is 9.96. The Morgan fingerprint density at radius 3 is 2.77 bits per heavy atom. The number of nitrogens with zero attached hydrogens (tertiary/aromatic N) is 1. The van der Waals surface area contributed by atoms with Crippen molar-refractivity contribution in [2.45, 2.75) is 31.4 Å². The molecule has 4 amide bonds. The molecule has 8 nitrogen and oxygen atoms in total. The highest BCUT2D eigenvalue weighted by Gasteiger charge is 2.56. The first-order chi connectivity index (χ1) is 12.5. The Balaban J connectivity index is 1.30. The SMILES string of the molecule is C[C@@]1(C2CC2)NC(=O)N(CC(=O)NC[C@@H]2COc3ccccc3O2)C1=O. The van der Waals surface area contributed by atoms with Crippen LogP contribution in [0.2, 0.25) is 0 Å². The summed E-state index contributed by atoms with van der Waals surface area (Å²) in [6.07, 6.45) is 1.51. The monoisotopic (exact) mass is 359 g/mol. The van der Waals surface area contributed by atoms with Crippen molar-refractivity contribution in [1.29, 1.82) is 0 Å². The molecule has 0 aromatic heterocycles. The Morgan fingerprint density at radius 2 is 2.04 bits per heavy atom. The van der Waals surface area contributed by atoms with Crippen molar-refractivity contribution in [3.8, 4) is 11.5 Å². The van der Waals surface area contributed by atoms with Crippen LogP contribution in [0.1, 0.15) is 19.8 Å². The third kappa shape index (κ3) is 2.95. The van der Waals surface area contributed by atoms with E-state index in [0.29, 0.717) is 18.1 Å². The number of fused-ring (bicyclic) bond motifs is 1. The third-order valence-electron chi connectivity index (χ3n) is 5.09. The predicted octanol–water partition coefficient (Wildman–Crippen LogP) is 0.663. The lowest BCUT2D eigenvalue weighted by Gasteiger charge is -2.26. The lowest BCUT2D eigenvalue weighted by molar-refractivity contribution is -0.135. The van der Waals surface area contributed by atoms with Gasteiger partial charge in [0.05, 0.1) is 6.54 Å². The molecule has 1 aromatic rings. The summed E-state index contributed by atoms with van der Waals surface area (Å²) in [6, 6.07) is 6.81. The quantitative estimate of drug-likeness (QED) is 0.753. The first-order valence-electron chi connectivity index (χ1n) is 8.76. The van der Waals surface area contributed by atoms with E-state index in [9.17, 15) is 14.4 Å². The smallest absolute Gasteiger partial charge is 0.325 e. The average molecular weight is 359 g/mol. The van der Waals surface area contributed by atoms with Gasteiger partial charge in [-0.2, -0.15) is 0 Å². The van der Waals surface area contributed by atoms with Gasteiger partial charge in [-0.05, 0) is 37.8 Å². The minimum atomic E-state index is -0.874. The van der Waals surface area contributed by atoms with Crippen LogP contribution in [0.3, 0.4) is 0 Å². The molecule has 1 saturated carbocycles. The van der Waals surface area contributed by atoms with Crippen molar-refractivity contribution in [2.24, 2.45) is 5.92 Å². The maximum Gasteiger partial charge on any atom is 0.325 e. The highest BCUT2D eigenvalue weighted by molar-refractivity contribution is 6.09. The third-order valence-corrected chi connectivity index (χ3v) is 5.09. The molecule has 2 heterocycles. The molecule has 1 saturated heterocycles. The van der Waals surface area contributed by atoms with E-state index in [1.54, 1.807) is 13.0 Å². The van der Waals surface area contributed by atoms with E-state index in [-0.39, 0.29) is 31.0 Å². The average Bonchev–Trinajstić information content (AvgIpc) is 3.46. The van der Waals surface area contributed by atoms with Crippen LogP contribution in [0.5, 0.6) is 11.5 Å². The fourth-order valence-electron chi connectivity index (χ4n) is 3.39. The van der Waals surface area contributed by atoms with Crippen LogP contribution in [0.15, 0.2) is 24.3 Å². The minimum Gasteiger partial charge on any atom is -0.486 e. The second-order valence-electron chi connectivity index (χ2n) is 7.10. The number of carbonyl (C=O) groups excluding carboxylic acids is 3. The van der Waals surface area contributed by atoms with Crippen molar-refractivity contribution in [2.75, 3.05) is 19.7 Å². The number of imide groups is 1. The Hall–Kier alpha value is -2.77. The molecule has 3 aliphatic rings. The summed E-state index contributed by atoms with van der Waals surface area (Å²) in [4.78, 5) is 37.8. The molecule has 0 bridgehead atoms. The van der Waals surface area contributed by atoms with E-state index in [0.717, 1.165) is 17.7 Å². The molecular formula is C18H21N3O5. The molecule has 2 atom stereocenters. The van der Waals surface area contributed by atoms with Gasteiger partial charge >= 0.3 is 6.03 Å². The summed E-state index contributed by atoms with van der Waals surface area (Å²) in [7, 11) is 0. The van der Waals surface area contributed by atoms with Crippen LogP contribution in [0.4, 0.5) is 4.79 Å². The standard InChI is InChI=1S/C18H21N3O5/c1-18(11-6-7-11)16(23)21(17(24)20-18)9-15(22)19-8-12-10-25-13-4-2-3-5-14(13)26-12/h2-5,11-12H,6-10H2,1H3,(H,19,22)(H,20,24)/t12-,18+/m1/s1. The first-order valence-corrected chi connectivity index (χ1v) is 8.76. The number of hydrogen-bond acceptors (Lipinski definition) is 5. The molecule has 1 aliphatic carbocycles. The summed E-state index contributed by atoms with van der Waals surface area (Å²) in [6.45, 7) is 1.99. The van der Waals surface area contributed by atoms with Crippen molar-refractivity contribution in [3.05, 3.63) is 24.3 Å². The molecule has 1 aromatic carbocycles. The second-order valence-corrected chi connectivity index (χ2v) is 7.10. The van der Waals surface area contributed by atoms with E-state index < -0.39 is 17.5 Å². The van der Waals surface area contributed by atoms with E-state index in [4.69, 9.17) is 9.47 Å². The fraction of sp³-hybridized carbons (Fsp3) is 0.500. The summed E-state index contributed by atoms with van der Waals surface area (Å²) in [5.41, 5.74) is -0.874. The van der Waals surface area contributed by atoms with Gasteiger partial charge in [-0.1, -0.05) is 12.1 Å². The number of benzene rings is 1. The highest BCUT2D eigenvalue weighted by atomic mass is 16.6. The summed E-state index contributed by atoms with van der Waals surface area (Å²) >= 11 is 0. The molecular weight excluding hydrogens is 338 g/mol. The maximum absolute atomic E-state index is 12.5. The highest BCUT2D eigenvalue weighted by Crippen LogP contribution is 2.42. The Morgan fingerprint density at radius 1 is 1.31 bits per heavy atom. The molecule has 2 N–H and O–H groups in total. The van der Waals surface area contributed by atoms with Crippen molar-refractivity contribution < 1.29 is 23.9 Å². The summed E-state index contributed by atoms with van der Waals surface area (Å²) < 4.78 is 11.4. The fourth-order valence-corrected chi connectivity index (χ4v) is 3.39. The summed E-state index contributed by atoms with van der Waals surface area (Å²) in [5, 5.41) is 5.43. The predicted molar refractivity (Wildman–Crippen MR) is 90.7 cm³/mol. The number of nitrogens with one attached hydrogen (secondary N) is 2. The van der Waals surface area contributed by atoms with E-state index in [2.05, 4.69) is 10.6 Å². The molecule has 2 aliphatic heterocycles. The minimum absolute atomic E-state index is 0.167. The second kappa shape index (κ2) is 6.19. The molecule has 8 heteroatoms. The van der Waals surface area contributed by atoms with E-state index in [1.807, 2.05) is 18.2 Å². The Kier molecular flexibility index (Phi) is 3.97. The molecule has 4 rings (SSSR count). The molecule has 26 heavy (non-hydrogen) atoms. The van der Waals surface area contributed by atoms with E-state index >= 15 is 0 Å². The first kappa shape index (κ1) is 16.7. The van der Waals surface area contributed by atoms with Crippen molar-refractivity contribution in [1.82, 2.24) is 15.5 Å². The van der Waals surface area contributed by atoms with E-state index in [1.165, 1.54) is 0 Å². The molecule has 2 fully saturated rings. The maximum atomic E-state index is 12.5. The zero-order valence-electron chi connectivity index (χ0n) is 14.5. The zero-order valence-corrected chi connectivity index (χ0v) is 14.5. The number of hydrogen-bond donors (Lipinski definition) is 2. The Labute approximate surface area is 150 Å². The van der Waals surface area contributed by atoms with Gasteiger partial charge in [-0.3, -0.25) is 14.5 Å². The van der Waals surface area contributed by atoms with Gasteiger partial charge in [0.15, 0.2) is 11.5 Å². The van der Waals surface area contributed by atoms with Crippen LogP contribution in [0.25, 0.3) is 0 Å². The van der Waals surface area contributed by atoms with Gasteiger partial charge in [0, 0.05) is 0 Å². The van der Waals surface area contributed by atoms with Crippen LogP contribution in [-0.4, -0.2) is 54.1 Å². The lowest BCUT2D eigenvalue weighted by Crippen LogP contribution is -2.48. The van der Waals surface area contributed by atoms with Gasteiger partial charge in [-0.25, -0.2) is 4.79 Å². The molecule has 138 valence electrons. The number of ether oxygens (including phenoxy) is 2. The van der Waals surface area contributed by atoms with Gasteiger partial charge in [0.25, 0.3) is 5.91 Å². The van der Waals surface area contributed by atoms with Gasteiger partial charge in [0.1, 0.15) is 24.8 Å². The summed E-state index contributed by atoms with van der Waals surface area (Å²) in [5.74, 6) is 0.739. The molecule has 0 radical (unpaired) electrons. The van der Waals surface area contributed by atoms with Crippen LogP contribution >= 0.6 is 0 Å². The Bertz CT molecular complexity index is 763. The van der Waals surface area contributed by atoms with Gasteiger partial charge in [-0.15, -0.1) is 0 Å². The van der Waals surface area contributed by atoms with Gasteiger partial charge < -0.3 is 20.1 Å². The molecule has 0 spiro atoms. The number of para-hydroxylation sites is 2. The van der Waals surface area contributed by atoms with Crippen LogP contribution < -0.4 is 20.1 Å². The number of rotatable bonds is 5.